The lowest BCUT2D eigenvalue weighted by molar-refractivity contribution is -0.161. The number of phosphoric acid groups is 2. The van der Waals surface area contributed by atoms with Gasteiger partial charge in [-0.1, -0.05) is 420 Å². The number of unbranched alkanes of at least 4 members (excludes halogenated alkanes) is 59. The smallest absolute Gasteiger partial charge is 0.462 e. The van der Waals surface area contributed by atoms with Crippen molar-refractivity contribution in [2.24, 2.45) is 5.92 Å². The first kappa shape index (κ1) is 104. The van der Waals surface area contributed by atoms with E-state index in [0.29, 0.717) is 25.7 Å². The number of carbonyl (C=O) groups excluding carboxylic acids is 4. The lowest BCUT2D eigenvalue weighted by atomic mass is 10.0. The number of aliphatic hydroxyl groups excluding tert-OH is 1. The molecular formula is C87H170O17P2. The first-order valence-electron chi connectivity index (χ1n) is 45.1. The molecule has 0 saturated heterocycles. The fourth-order valence-corrected chi connectivity index (χ4v) is 15.2. The molecule has 0 aromatic rings. The lowest BCUT2D eigenvalue weighted by Gasteiger charge is -2.21. The molecule has 0 aliphatic carbocycles. The molecule has 0 fully saturated rings. The molecule has 0 saturated carbocycles. The van der Waals surface area contributed by atoms with E-state index in [1.165, 1.54) is 295 Å². The molecule has 106 heavy (non-hydrogen) atoms. The third-order valence-electron chi connectivity index (χ3n) is 20.5. The number of rotatable bonds is 87. The largest absolute Gasteiger partial charge is 0.472 e. The van der Waals surface area contributed by atoms with Crippen LogP contribution in [0.2, 0.25) is 0 Å². The van der Waals surface area contributed by atoms with Gasteiger partial charge in [-0.2, -0.15) is 0 Å². The summed E-state index contributed by atoms with van der Waals surface area (Å²) < 4.78 is 69.0. The van der Waals surface area contributed by atoms with Crippen LogP contribution in [0.5, 0.6) is 0 Å². The Hall–Kier alpha value is -1.94. The van der Waals surface area contributed by atoms with Crippen molar-refractivity contribution in [3.63, 3.8) is 0 Å². The van der Waals surface area contributed by atoms with E-state index < -0.39 is 97.5 Å². The van der Waals surface area contributed by atoms with Crippen LogP contribution in [-0.2, 0) is 65.4 Å². The highest BCUT2D eigenvalue weighted by molar-refractivity contribution is 7.47. The van der Waals surface area contributed by atoms with Gasteiger partial charge in [0.1, 0.15) is 19.3 Å². The molecule has 19 heteroatoms. The Morgan fingerprint density at radius 3 is 0.642 bits per heavy atom. The maximum absolute atomic E-state index is 13.2. The van der Waals surface area contributed by atoms with Gasteiger partial charge in [-0.05, 0) is 31.6 Å². The average molecular weight is 1550 g/mol. The molecule has 0 rings (SSSR count). The predicted molar refractivity (Wildman–Crippen MR) is 437 cm³/mol. The van der Waals surface area contributed by atoms with Gasteiger partial charge in [-0.15, -0.1) is 0 Å². The molecule has 2 unspecified atom stereocenters. The summed E-state index contributed by atoms with van der Waals surface area (Å²) in [6.45, 7) is 7.40. The summed E-state index contributed by atoms with van der Waals surface area (Å²) in [6.07, 6.45) is 73.5. The Labute approximate surface area is 651 Å². The van der Waals surface area contributed by atoms with Crippen LogP contribution < -0.4 is 0 Å². The van der Waals surface area contributed by atoms with Gasteiger partial charge in [0.05, 0.1) is 26.4 Å². The van der Waals surface area contributed by atoms with E-state index in [4.69, 9.17) is 37.0 Å². The van der Waals surface area contributed by atoms with Crippen LogP contribution in [0.4, 0.5) is 0 Å². The molecule has 0 bridgehead atoms. The van der Waals surface area contributed by atoms with Crippen molar-refractivity contribution in [1.82, 2.24) is 0 Å². The average Bonchev–Trinajstić information content (AvgIpc) is 0.905. The van der Waals surface area contributed by atoms with Crippen molar-refractivity contribution < 1.29 is 80.2 Å². The molecule has 3 N–H and O–H groups in total. The minimum atomic E-state index is -4.97. The SMILES string of the molecule is CCCCCCCCCCCCCCCCCCCCCCCC(=O)O[C@H](COC(=O)CCCCCCCCCCCCCCCCC(C)C)COP(=O)(O)OC[C@@H](O)COP(=O)(O)OC[C@@H](COC(=O)CCCCCCCCCCCCCCC)OC(=O)CCCCCCCCCCCCCCCCC. The number of hydrogen-bond donors (Lipinski definition) is 3. The summed E-state index contributed by atoms with van der Waals surface area (Å²) in [6, 6.07) is 0. The Balaban J connectivity index is 5.25. The normalized spacial score (nSPS) is 13.7. The minimum absolute atomic E-state index is 0.109. The molecule has 0 heterocycles. The van der Waals surface area contributed by atoms with Crippen LogP contribution in [0.3, 0.4) is 0 Å². The summed E-state index contributed by atoms with van der Waals surface area (Å²) in [4.78, 5) is 73.3. The highest BCUT2D eigenvalue weighted by atomic mass is 31.2. The summed E-state index contributed by atoms with van der Waals surface area (Å²) in [5.74, 6) is -1.30. The van der Waals surface area contributed by atoms with E-state index in [1.807, 2.05) is 0 Å². The maximum Gasteiger partial charge on any atom is 0.472 e. The quantitative estimate of drug-likeness (QED) is 0.0222. The van der Waals surface area contributed by atoms with Gasteiger partial charge in [-0.3, -0.25) is 37.3 Å². The molecule has 17 nitrogen and oxygen atoms in total. The zero-order valence-corrected chi connectivity index (χ0v) is 71.4. The number of aliphatic hydroxyl groups is 1. The van der Waals surface area contributed by atoms with Gasteiger partial charge < -0.3 is 33.8 Å². The van der Waals surface area contributed by atoms with Crippen molar-refractivity contribution in [2.75, 3.05) is 39.6 Å². The molecular weight excluding hydrogens is 1380 g/mol. The monoisotopic (exact) mass is 1550 g/mol. The van der Waals surface area contributed by atoms with E-state index in [9.17, 15) is 43.2 Å². The topological polar surface area (TPSA) is 237 Å². The summed E-state index contributed by atoms with van der Waals surface area (Å²) >= 11 is 0. The van der Waals surface area contributed by atoms with Crippen molar-refractivity contribution >= 4 is 39.5 Å². The third-order valence-corrected chi connectivity index (χ3v) is 22.4. The van der Waals surface area contributed by atoms with Gasteiger partial charge >= 0.3 is 39.5 Å². The highest BCUT2D eigenvalue weighted by Crippen LogP contribution is 2.45. The van der Waals surface area contributed by atoms with Gasteiger partial charge in [0, 0.05) is 25.7 Å². The van der Waals surface area contributed by atoms with E-state index in [2.05, 4.69) is 34.6 Å². The number of hydrogen-bond acceptors (Lipinski definition) is 15. The van der Waals surface area contributed by atoms with Gasteiger partial charge in [0.2, 0.25) is 0 Å². The van der Waals surface area contributed by atoms with Gasteiger partial charge in [-0.25, -0.2) is 9.13 Å². The number of carbonyl (C=O) groups is 4. The molecule has 0 aliphatic heterocycles. The Morgan fingerprint density at radius 1 is 0.255 bits per heavy atom. The second-order valence-electron chi connectivity index (χ2n) is 31.8. The molecule has 0 radical (unpaired) electrons. The van der Waals surface area contributed by atoms with Crippen LogP contribution in [0.15, 0.2) is 0 Å². The molecule has 630 valence electrons. The van der Waals surface area contributed by atoms with E-state index in [-0.39, 0.29) is 25.7 Å². The lowest BCUT2D eigenvalue weighted by Crippen LogP contribution is -2.30. The van der Waals surface area contributed by atoms with Crippen molar-refractivity contribution in [1.29, 1.82) is 0 Å². The van der Waals surface area contributed by atoms with Crippen LogP contribution in [-0.4, -0.2) is 96.7 Å². The van der Waals surface area contributed by atoms with Crippen LogP contribution >= 0.6 is 15.6 Å². The van der Waals surface area contributed by atoms with Crippen molar-refractivity contribution in [2.45, 2.75) is 490 Å². The van der Waals surface area contributed by atoms with E-state index in [1.54, 1.807) is 0 Å². The summed E-state index contributed by atoms with van der Waals surface area (Å²) in [5, 5.41) is 10.7. The highest BCUT2D eigenvalue weighted by Gasteiger charge is 2.30. The first-order valence-corrected chi connectivity index (χ1v) is 48.1. The number of ether oxygens (including phenoxy) is 4. The van der Waals surface area contributed by atoms with Crippen LogP contribution in [0, 0.1) is 5.92 Å². The second kappa shape index (κ2) is 79.7. The molecule has 0 aromatic heterocycles. The summed E-state index contributed by atoms with van der Waals surface area (Å²) in [5.41, 5.74) is 0. The predicted octanol–water partition coefficient (Wildman–Crippen LogP) is 26.8. The van der Waals surface area contributed by atoms with Crippen molar-refractivity contribution in [3.05, 3.63) is 0 Å². The molecule has 0 spiro atoms. The molecule has 5 atom stereocenters. The zero-order chi connectivity index (χ0) is 77.6. The van der Waals surface area contributed by atoms with Crippen molar-refractivity contribution in [3.8, 4) is 0 Å². The summed E-state index contributed by atoms with van der Waals surface area (Å²) in [7, 11) is -9.93. The van der Waals surface area contributed by atoms with Crippen LogP contribution in [0.1, 0.15) is 471 Å². The molecule has 0 amide bonds. The van der Waals surface area contributed by atoms with Gasteiger partial charge in [0.15, 0.2) is 12.2 Å². The Bertz CT molecular complexity index is 2010. The van der Waals surface area contributed by atoms with E-state index >= 15 is 0 Å². The molecule has 0 aliphatic rings. The minimum Gasteiger partial charge on any atom is -0.462 e. The maximum atomic E-state index is 13.2. The third kappa shape index (κ3) is 80.1. The fraction of sp³-hybridized carbons (Fsp3) is 0.954. The van der Waals surface area contributed by atoms with E-state index in [0.717, 1.165) is 95.8 Å². The fourth-order valence-electron chi connectivity index (χ4n) is 13.6. The Morgan fingerprint density at radius 2 is 0.434 bits per heavy atom. The number of esters is 4. The van der Waals surface area contributed by atoms with Gasteiger partial charge in [0.25, 0.3) is 0 Å². The van der Waals surface area contributed by atoms with Crippen LogP contribution in [0.25, 0.3) is 0 Å². The zero-order valence-electron chi connectivity index (χ0n) is 69.6. The second-order valence-corrected chi connectivity index (χ2v) is 34.7. The molecule has 0 aromatic carbocycles. The number of phosphoric ester groups is 2. The Kier molecular flexibility index (Phi) is 78.2. The first-order chi connectivity index (χ1) is 51.5. The standard InChI is InChI=1S/C87H170O17P2/c1-6-9-12-15-18-21-24-27-29-30-31-32-33-34-36-43-48-53-58-63-68-73-87(92)104-83(77-98-85(90)71-66-61-56-51-46-41-38-37-40-44-49-54-59-64-69-80(4)5)79-102-106(95,96)100-75-81(88)74-99-105(93,94)101-78-82(76-97-84(89)70-65-60-55-50-45-39-26-23-20-17-14-11-8-3)103-86(91)72-67-62-57-52-47-42-35-28-25-22-19-16-13-10-7-2/h80-83,88H,6-79H2,1-5H3,(H,93,94)(H,95,96)/t81-,82+,83+/m0/s1.